The summed E-state index contributed by atoms with van der Waals surface area (Å²) >= 11 is 1.64. The highest BCUT2D eigenvalue weighted by molar-refractivity contribution is 7.09. The van der Waals surface area contributed by atoms with Crippen LogP contribution in [0.25, 0.3) is 0 Å². The van der Waals surface area contributed by atoms with Gasteiger partial charge in [-0.3, -0.25) is 0 Å². The van der Waals surface area contributed by atoms with Crippen LogP contribution >= 0.6 is 11.3 Å². The van der Waals surface area contributed by atoms with Gasteiger partial charge in [0, 0.05) is 10.8 Å². The second-order valence-electron chi connectivity index (χ2n) is 5.34. The van der Waals surface area contributed by atoms with Gasteiger partial charge >= 0.3 is 0 Å². The molecule has 3 nitrogen and oxygen atoms in total. The van der Waals surface area contributed by atoms with E-state index in [4.69, 9.17) is 9.47 Å². The van der Waals surface area contributed by atoms with Crippen molar-refractivity contribution in [3.63, 3.8) is 0 Å². The quantitative estimate of drug-likeness (QED) is 0.845. The minimum absolute atomic E-state index is 0.0921. The molecule has 2 aromatic rings. The smallest absolute Gasteiger partial charge is 0.140 e. The molecule has 0 aliphatic heterocycles. The van der Waals surface area contributed by atoms with E-state index in [1.807, 2.05) is 24.3 Å². The van der Waals surface area contributed by atoms with E-state index in [0.29, 0.717) is 6.61 Å². The summed E-state index contributed by atoms with van der Waals surface area (Å²) in [7, 11) is 1.65. The van der Waals surface area contributed by atoms with Gasteiger partial charge < -0.3 is 9.47 Å². The molecular formula is C15H19NO2S. The molecule has 0 saturated heterocycles. The largest absolute Gasteiger partial charge is 0.497 e. The summed E-state index contributed by atoms with van der Waals surface area (Å²) in [5.74, 6) is 1.66. The third kappa shape index (κ3) is 3.70. The van der Waals surface area contributed by atoms with E-state index in [1.165, 1.54) is 0 Å². The van der Waals surface area contributed by atoms with Gasteiger partial charge in [-0.05, 0) is 24.3 Å². The van der Waals surface area contributed by atoms with E-state index in [2.05, 4.69) is 31.1 Å². The lowest BCUT2D eigenvalue weighted by Gasteiger charge is -2.14. The Morgan fingerprint density at radius 3 is 2.26 bits per heavy atom. The fourth-order valence-corrected chi connectivity index (χ4v) is 2.47. The van der Waals surface area contributed by atoms with Crippen LogP contribution in [0.1, 0.15) is 31.5 Å². The molecule has 0 amide bonds. The lowest BCUT2D eigenvalue weighted by atomic mass is 9.93. The number of nitrogens with zero attached hydrogens (tertiary/aromatic N) is 1. The molecule has 1 heterocycles. The SMILES string of the molecule is COc1ccc(OCc2nc(C(C)(C)C)cs2)cc1. The number of hydrogen-bond donors (Lipinski definition) is 0. The maximum Gasteiger partial charge on any atom is 0.140 e. The molecule has 19 heavy (non-hydrogen) atoms. The number of thiazole rings is 1. The van der Waals surface area contributed by atoms with Crippen molar-refractivity contribution in [2.45, 2.75) is 32.8 Å². The minimum atomic E-state index is 0.0921. The van der Waals surface area contributed by atoms with E-state index in [0.717, 1.165) is 22.2 Å². The molecule has 102 valence electrons. The molecule has 2 rings (SSSR count). The highest BCUT2D eigenvalue weighted by Crippen LogP contribution is 2.25. The molecule has 0 aliphatic carbocycles. The van der Waals surface area contributed by atoms with Crippen LogP contribution in [0.15, 0.2) is 29.6 Å². The van der Waals surface area contributed by atoms with E-state index in [-0.39, 0.29) is 5.41 Å². The number of rotatable bonds is 4. The van der Waals surface area contributed by atoms with E-state index in [1.54, 1.807) is 18.4 Å². The number of aromatic nitrogens is 1. The monoisotopic (exact) mass is 277 g/mol. The summed E-state index contributed by atoms with van der Waals surface area (Å²) in [6, 6.07) is 7.57. The van der Waals surface area contributed by atoms with Crippen molar-refractivity contribution in [1.82, 2.24) is 4.98 Å². The molecule has 0 unspecified atom stereocenters. The first-order valence-corrected chi connectivity index (χ1v) is 7.09. The lowest BCUT2D eigenvalue weighted by molar-refractivity contribution is 0.304. The predicted molar refractivity (Wildman–Crippen MR) is 78.1 cm³/mol. The summed E-state index contributed by atoms with van der Waals surface area (Å²) in [5, 5.41) is 3.10. The molecular weight excluding hydrogens is 258 g/mol. The first-order valence-electron chi connectivity index (χ1n) is 6.21. The molecule has 0 fully saturated rings. The Balaban J connectivity index is 1.96. The zero-order valence-corrected chi connectivity index (χ0v) is 12.6. The van der Waals surface area contributed by atoms with Crippen LogP contribution in [0.4, 0.5) is 0 Å². The Hall–Kier alpha value is -1.55. The summed E-state index contributed by atoms with van der Waals surface area (Å²) < 4.78 is 10.8. The van der Waals surface area contributed by atoms with Gasteiger partial charge in [-0.25, -0.2) is 4.98 Å². The van der Waals surface area contributed by atoms with Crippen molar-refractivity contribution >= 4 is 11.3 Å². The van der Waals surface area contributed by atoms with Gasteiger partial charge in [0.25, 0.3) is 0 Å². The summed E-state index contributed by atoms with van der Waals surface area (Å²) in [6.45, 7) is 7.00. The average molecular weight is 277 g/mol. The summed E-state index contributed by atoms with van der Waals surface area (Å²) in [6.07, 6.45) is 0. The summed E-state index contributed by atoms with van der Waals surface area (Å²) in [4.78, 5) is 4.60. The number of ether oxygens (including phenoxy) is 2. The van der Waals surface area contributed by atoms with Gasteiger partial charge in [0.05, 0.1) is 12.8 Å². The fourth-order valence-electron chi connectivity index (χ4n) is 1.54. The number of hydrogen-bond acceptors (Lipinski definition) is 4. The second-order valence-corrected chi connectivity index (χ2v) is 6.28. The van der Waals surface area contributed by atoms with Crippen molar-refractivity contribution in [2.24, 2.45) is 0 Å². The first-order chi connectivity index (χ1) is 8.99. The van der Waals surface area contributed by atoms with Crippen LogP contribution in [-0.4, -0.2) is 12.1 Å². The van der Waals surface area contributed by atoms with Crippen molar-refractivity contribution in [3.05, 3.63) is 40.3 Å². The third-order valence-corrected chi connectivity index (χ3v) is 3.56. The van der Waals surface area contributed by atoms with Crippen LogP contribution in [0.5, 0.6) is 11.5 Å². The molecule has 0 N–H and O–H groups in total. The average Bonchev–Trinajstić information content (AvgIpc) is 2.86. The molecule has 0 bridgehead atoms. The Morgan fingerprint density at radius 1 is 1.11 bits per heavy atom. The zero-order valence-electron chi connectivity index (χ0n) is 11.8. The van der Waals surface area contributed by atoms with E-state index in [9.17, 15) is 0 Å². The molecule has 0 saturated carbocycles. The van der Waals surface area contributed by atoms with Crippen molar-refractivity contribution in [2.75, 3.05) is 7.11 Å². The first kappa shape index (κ1) is 13.9. The van der Waals surface area contributed by atoms with E-state index < -0.39 is 0 Å². The van der Waals surface area contributed by atoms with Crippen LogP contribution in [0.3, 0.4) is 0 Å². The third-order valence-electron chi connectivity index (χ3n) is 2.74. The Bertz CT molecular complexity index is 526. The van der Waals surface area contributed by atoms with Crippen molar-refractivity contribution in [1.29, 1.82) is 0 Å². The van der Waals surface area contributed by atoms with Gasteiger partial charge in [-0.15, -0.1) is 11.3 Å². The maximum absolute atomic E-state index is 5.71. The van der Waals surface area contributed by atoms with Crippen LogP contribution in [0.2, 0.25) is 0 Å². The molecule has 1 aromatic carbocycles. The van der Waals surface area contributed by atoms with Crippen LogP contribution in [0, 0.1) is 0 Å². The van der Waals surface area contributed by atoms with Gasteiger partial charge in [0.2, 0.25) is 0 Å². The lowest BCUT2D eigenvalue weighted by Crippen LogP contribution is -2.11. The molecule has 0 radical (unpaired) electrons. The Kier molecular flexibility index (Phi) is 4.10. The van der Waals surface area contributed by atoms with Gasteiger partial charge in [0.1, 0.15) is 23.1 Å². The second kappa shape index (κ2) is 5.61. The Morgan fingerprint density at radius 2 is 1.74 bits per heavy atom. The topological polar surface area (TPSA) is 31.4 Å². The van der Waals surface area contributed by atoms with Gasteiger partial charge in [-0.1, -0.05) is 20.8 Å². The molecule has 4 heteroatoms. The van der Waals surface area contributed by atoms with Crippen LogP contribution < -0.4 is 9.47 Å². The van der Waals surface area contributed by atoms with E-state index >= 15 is 0 Å². The normalized spacial score (nSPS) is 11.4. The highest BCUT2D eigenvalue weighted by atomic mass is 32.1. The minimum Gasteiger partial charge on any atom is -0.497 e. The molecule has 0 spiro atoms. The fraction of sp³-hybridized carbons (Fsp3) is 0.400. The molecule has 0 aliphatic rings. The number of methoxy groups -OCH3 is 1. The predicted octanol–water partition coefficient (Wildman–Crippen LogP) is 4.03. The van der Waals surface area contributed by atoms with Gasteiger partial charge in [-0.2, -0.15) is 0 Å². The Labute approximate surface area is 118 Å². The number of benzene rings is 1. The summed E-state index contributed by atoms with van der Waals surface area (Å²) in [5.41, 5.74) is 1.21. The molecule has 0 atom stereocenters. The van der Waals surface area contributed by atoms with Crippen molar-refractivity contribution < 1.29 is 9.47 Å². The highest BCUT2D eigenvalue weighted by Gasteiger charge is 2.17. The van der Waals surface area contributed by atoms with Gasteiger partial charge in [0.15, 0.2) is 0 Å². The zero-order chi connectivity index (χ0) is 13.9. The maximum atomic E-state index is 5.71. The van der Waals surface area contributed by atoms with Crippen molar-refractivity contribution in [3.8, 4) is 11.5 Å². The molecule has 1 aromatic heterocycles. The standard InChI is InChI=1S/C15H19NO2S/c1-15(2,3)13-10-19-14(16-13)9-18-12-7-5-11(17-4)6-8-12/h5-8,10H,9H2,1-4H3. The van der Waals surface area contributed by atoms with Crippen LogP contribution in [-0.2, 0) is 12.0 Å².